The zero-order valence-corrected chi connectivity index (χ0v) is 6.55. The Morgan fingerprint density at radius 2 is 2.64 bits per heavy atom. The van der Waals surface area contributed by atoms with Crippen LogP contribution in [0.1, 0.15) is 18.5 Å². The molecular weight excluding hydrogens is 138 g/mol. The van der Waals surface area contributed by atoms with Gasteiger partial charge in [0.1, 0.15) is 0 Å². The Kier molecular flexibility index (Phi) is 1.95. The van der Waals surface area contributed by atoms with E-state index in [1.807, 2.05) is 12.3 Å². The summed E-state index contributed by atoms with van der Waals surface area (Å²) in [5.74, 6) is 0. The maximum atomic E-state index is 5.51. The molecule has 60 valence electrons. The van der Waals surface area contributed by atoms with Gasteiger partial charge in [0.05, 0.1) is 6.10 Å². The van der Waals surface area contributed by atoms with Crippen molar-refractivity contribution in [2.75, 3.05) is 6.61 Å². The predicted molar refractivity (Wildman–Crippen MR) is 43.5 cm³/mol. The van der Waals surface area contributed by atoms with Crippen LogP contribution in [0.4, 0.5) is 0 Å². The molecule has 1 atom stereocenters. The summed E-state index contributed by atoms with van der Waals surface area (Å²) in [6.45, 7) is 0.950. The summed E-state index contributed by atoms with van der Waals surface area (Å²) in [5.41, 5.74) is 1.29. The van der Waals surface area contributed by atoms with Crippen LogP contribution in [0.2, 0.25) is 0 Å². The third-order valence-electron chi connectivity index (χ3n) is 2.13. The van der Waals surface area contributed by atoms with Gasteiger partial charge in [-0.1, -0.05) is 0 Å². The summed E-state index contributed by atoms with van der Waals surface area (Å²) in [7, 11) is 0. The molecule has 1 aliphatic rings. The van der Waals surface area contributed by atoms with Gasteiger partial charge in [0.25, 0.3) is 0 Å². The number of rotatable bonds is 2. The number of hydrogen-bond donors (Lipinski definition) is 1. The van der Waals surface area contributed by atoms with Crippen molar-refractivity contribution in [3.63, 3.8) is 0 Å². The standard InChI is InChI=1S/C9H13NO/c1-3-8(10-5-1)7-9-4-2-6-11-9/h1,3,5,9-10H,2,4,6-7H2. The maximum Gasteiger partial charge on any atom is 0.0630 e. The van der Waals surface area contributed by atoms with Crippen LogP contribution < -0.4 is 0 Å². The number of aromatic nitrogens is 1. The fraction of sp³-hybridized carbons (Fsp3) is 0.556. The van der Waals surface area contributed by atoms with Gasteiger partial charge in [-0.15, -0.1) is 0 Å². The number of H-pyrrole nitrogens is 1. The summed E-state index contributed by atoms with van der Waals surface area (Å²) in [6.07, 6.45) is 5.93. The Hall–Kier alpha value is -0.760. The minimum atomic E-state index is 0.466. The second-order valence-corrected chi connectivity index (χ2v) is 3.03. The third-order valence-corrected chi connectivity index (χ3v) is 2.13. The molecule has 2 rings (SSSR count). The third kappa shape index (κ3) is 1.63. The van der Waals surface area contributed by atoms with Crippen LogP contribution in [0.25, 0.3) is 0 Å². The molecule has 0 aliphatic carbocycles. The first-order chi connectivity index (χ1) is 5.45. The minimum absolute atomic E-state index is 0.466. The lowest BCUT2D eigenvalue weighted by molar-refractivity contribution is 0.111. The second kappa shape index (κ2) is 3.09. The molecule has 0 radical (unpaired) electrons. The number of ether oxygens (including phenoxy) is 1. The highest BCUT2D eigenvalue weighted by molar-refractivity contribution is 5.05. The van der Waals surface area contributed by atoms with Gasteiger partial charge in [-0.25, -0.2) is 0 Å². The van der Waals surface area contributed by atoms with Crippen LogP contribution >= 0.6 is 0 Å². The van der Waals surface area contributed by atoms with E-state index in [0.717, 1.165) is 13.0 Å². The van der Waals surface area contributed by atoms with Crippen molar-refractivity contribution in [2.24, 2.45) is 0 Å². The van der Waals surface area contributed by atoms with E-state index in [-0.39, 0.29) is 0 Å². The van der Waals surface area contributed by atoms with Crippen LogP contribution in [0.3, 0.4) is 0 Å². The zero-order valence-electron chi connectivity index (χ0n) is 6.55. The lowest BCUT2D eigenvalue weighted by Crippen LogP contribution is -2.08. The first-order valence-electron chi connectivity index (χ1n) is 4.19. The van der Waals surface area contributed by atoms with Crippen LogP contribution in [0.15, 0.2) is 18.3 Å². The van der Waals surface area contributed by atoms with E-state index in [1.54, 1.807) is 0 Å². The highest BCUT2D eigenvalue weighted by Crippen LogP contribution is 2.15. The van der Waals surface area contributed by atoms with Crippen LogP contribution in [0.5, 0.6) is 0 Å². The van der Waals surface area contributed by atoms with Crippen LogP contribution in [-0.4, -0.2) is 17.7 Å². The van der Waals surface area contributed by atoms with E-state index in [4.69, 9.17) is 4.74 Å². The van der Waals surface area contributed by atoms with Gasteiger partial charge in [-0.3, -0.25) is 0 Å². The van der Waals surface area contributed by atoms with Crippen molar-refractivity contribution in [3.05, 3.63) is 24.0 Å². The molecule has 0 aromatic carbocycles. The van der Waals surface area contributed by atoms with Crippen molar-refractivity contribution < 1.29 is 4.74 Å². The van der Waals surface area contributed by atoms with Crippen molar-refractivity contribution in [3.8, 4) is 0 Å². The first-order valence-corrected chi connectivity index (χ1v) is 4.19. The number of aromatic amines is 1. The zero-order chi connectivity index (χ0) is 7.52. The Morgan fingerprint density at radius 3 is 3.27 bits per heavy atom. The molecule has 0 saturated carbocycles. The quantitative estimate of drug-likeness (QED) is 0.684. The van der Waals surface area contributed by atoms with Crippen molar-refractivity contribution in [2.45, 2.75) is 25.4 Å². The van der Waals surface area contributed by atoms with Gasteiger partial charge < -0.3 is 9.72 Å². The Labute approximate surface area is 66.6 Å². The lowest BCUT2D eigenvalue weighted by atomic mass is 10.1. The maximum absolute atomic E-state index is 5.51. The molecule has 1 aliphatic heterocycles. The SMILES string of the molecule is c1c[nH]c(CC2CCCO2)c1. The molecule has 2 heterocycles. The lowest BCUT2D eigenvalue weighted by Gasteiger charge is -2.06. The fourth-order valence-corrected chi connectivity index (χ4v) is 1.55. The average Bonchev–Trinajstić information content (AvgIpc) is 2.60. The van der Waals surface area contributed by atoms with Crippen LogP contribution in [0, 0.1) is 0 Å². The normalized spacial score (nSPS) is 24.2. The summed E-state index contributed by atoms with van der Waals surface area (Å²) in [4.78, 5) is 3.18. The van der Waals surface area contributed by atoms with Gasteiger partial charge in [0.15, 0.2) is 0 Å². The van der Waals surface area contributed by atoms with E-state index >= 15 is 0 Å². The van der Waals surface area contributed by atoms with E-state index in [2.05, 4.69) is 11.1 Å². The van der Waals surface area contributed by atoms with Crippen molar-refractivity contribution in [1.82, 2.24) is 4.98 Å². The minimum Gasteiger partial charge on any atom is -0.378 e. The number of hydrogen-bond acceptors (Lipinski definition) is 1. The van der Waals surface area contributed by atoms with Gasteiger partial charge in [-0.05, 0) is 25.0 Å². The molecule has 0 spiro atoms. The molecule has 2 heteroatoms. The average molecular weight is 151 g/mol. The highest BCUT2D eigenvalue weighted by atomic mass is 16.5. The predicted octanol–water partition coefficient (Wildman–Crippen LogP) is 1.74. The monoisotopic (exact) mass is 151 g/mol. The summed E-state index contributed by atoms with van der Waals surface area (Å²) >= 11 is 0. The van der Waals surface area contributed by atoms with Crippen molar-refractivity contribution >= 4 is 0 Å². The summed E-state index contributed by atoms with van der Waals surface area (Å²) < 4.78 is 5.51. The molecule has 1 aromatic rings. The van der Waals surface area contributed by atoms with Gasteiger partial charge >= 0.3 is 0 Å². The smallest absolute Gasteiger partial charge is 0.0630 e. The second-order valence-electron chi connectivity index (χ2n) is 3.03. The molecular formula is C9H13NO. The molecule has 1 fully saturated rings. The van der Waals surface area contributed by atoms with E-state index in [1.165, 1.54) is 18.5 Å². The highest BCUT2D eigenvalue weighted by Gasteiger charge is 2.15. The Bertz CT molecular complexity index is 199. The first kappa shape index (κ1) is 6.92. The molecule has 1 unspecified atom stereocenters. The molecule has 1 aromatic heterocycles. The van der Waals surface area contributed by atoms with E-state index < -0.39 is 0 Å². The van der Waals surface area contributed by atoms with Gasteiger partial charge in [-0.2, -0.15) is 0 Å². The van der Waals surface area contributed by atoms with Gasteiger partial charge in [0, 0.05) is 24.9 Å². The molecule has 2 nitrogen and oxygen atoms in total. The number of nitrogens with one attached hydrogen (secondary N) is 1. The Balaban J connectivity index is 1.90. The molecule has 0 amide bonds. The Morgan fingerprint density at radius 1 is 1.64 bits per heavy atom. The molecule has 0 bridgehead atoms. The molecule has 11 heavy (non-hydrogen) atoms. The van der Waals surface area contributed by atoms with Crippen LogP contribution in [-0.2, 0) is 11.2 Å². The summed E-state index contributed by atoms with van der Waals surface area (Å²) in [5, 5.41) is 0. The molecule has 1 N–H and O–H groups in total. The largest absolute Gasteiger partial charge is 0.378 e. The van der Waals surface area contributed by atoms with Crippen molar-refractivity contribution in [1.29, 1.82) is 0 Å². The van der Waals surface area contributed by atoms with E-state index in [9.17, 15) is 0 Å². The fourth-order valence-electron chi connectivity index (χ4n) is 1.55. The summed E-state index contributed by atoms with van der Waals surface area (Å²) in [6, 6.07) is 4.14. The van der Waals surface area contributed by atoms with E-state index in [0.29, 0.717) is 6.10 Å². The topological polar surface area (TPSA) is 25.0 Å². The molecule has 1 saturated heterocycles. The van der Waals surface area contributed by atoms with Gasteiger partial charge in [0.2, 0.25) is 0 Å².